The Morgan fingerprint density at radius 2 is 2.19 bits per heavy atom. The maximum Gasteiger partial charge on any atom is 0.0325 e. The zero-order chi connectivity index (χ0) is 12.1. The minimum Gasteiger partial charge on any atom is -0.301 e. The van der Waals surface area contributed by atoms with Crippen molar-refractivity contribution in [1.82, 2.24) is 4.90 Å². The van der Waals surface area contributed by atoms with Gasteiger partial charge >= 0.3 is 0 Å². The Kier molecular flexibility index (Phi) is 6.40. The summed E-state index contributed by atoms with van der Waals surface area (Å²) < 4.78 is 1.19. The molecule has 0 bridgehead atoms. The van der Waals surface area contributed by atoms with Crippen molar-refractivity contribution in [2.45, 2.75) is 20.4 Å². The summed E-state index contributed by atoms with van der Waals surface area (Å²) in [7, 11) is 2.19. The highest BCUT2D eigenvalue weighted by Gasteiger charge is 2.14. The first-order valence-electron chi connectivity index (χ1n) is 5.55. The number of nitrogens with zero attached hydrogens (tertiary/aromatic N) is 1. The number of hydrogen-bond donors (Lipinski definition) is 1. The standard InChI is InChI=1S/C12H20BrNS2/c1-9(2)10(7-15)5-14(3)6-12-4-11(13)8-16-12/h4,8-10,15H,5-7H2,1-3H3. The number of thiol groups is 1. The van der Waals surface area contributed by atoms with E-state index in [-0.39, 0.29) is 0 Å². The number of rotatable bonds is 6. The van der Waals surface area contributed by atoms with E-state index in [0.29, 0.717) is 11.8 Å². The molecule has 0 saturated carbocycles. The molecule has 1 rings (SSSR count). The van der Waals surface area contributed by atoms with Gasteiger partial charge in [0.1, 0.15) is 0 Å². The van der Waals surface area contributed by atoms with Crippen molar-refractivity contribution in [2.75, 3.05) is 19.3 Å². The third-order valence-corrected chi connectivity index (χ3v) is 4.92. The molecule has 0 aliphatic heterocycles. The van der Waals surface area contributed by atoms with E-state index in [9.17, 15) is 0 Å². The fourth-order valence-corrected chi connectivity index (χ4v) is 3.71. The van der Waals surface area contributed by atoms with E-state index in [2.05, 4.69) is 65.8 Å². The monoisotopic (exact) mass is 321 g/mol. The van der Waals surface area contributed by atoms with Gasteiger partial charge in [-0.1, -0.05) is 13.8 Å². The second-order valence-electron chi connectivity index (χ2n) is 4.61. The molecule has 1 heterocycles. The van der Waals surface area contributed by atoms with E-state index >= 15 is 0 Å². The lowest BCUT2D eigenvalue weighted by atomic mass is 9.97. The van der Waals surface area contributed by atoms with Crippen LogP contribution in [0.1, 0.15) is 18.7 Å². The van der Waals surface area contributed by atoms with Gasteiger partial charge in [0.25, 0.3) is 0 Å². The maximum atomic E-state index is 4.43. The van der Waals surface area contributed by atoms with Gasteiger partial charge in [0.15, 0.2) is 0 Å². The van der Waals surface area contributed by atoms with Crippen LogP contribution in [0.5, 0.6) is 0 Å². The van der Waals surface area contributed by atoms with Gasteiger partial charge in [-0.05, 0) is 46.6 Å². The molecule has 0 fully saturated rings. The third kappa shape index (κ3) is 4.78. The fourth-order valence-electron chi connectivity index (χ4n) is 1.65. The summed E-state index contributed by atoms with van der Waals surface area (Å²) in [4.78, 5) is 3.80. The normalized spacial score (nSPS) is 13.7. The van der Waals surface area contributed by atoms with Crippen LogP contribution in [0.4, 0.5) is 0 Å². The molecule has 1 nitrogen and oxygen atoms in total. The Hall–Kier alpha value is 0.490. The molecule has 1 aromatic heterocycles. The van der Waals surface area contributed by atoms with Gasteiger partial charge in [-0.3, -0.25) is 0 Å². The van der Waals surface area contributed by atoms with Crippen LogP contribution in [-0.4, -0.2) is 24.2 Å². The van der Waals surface area contributed by atoms with Crippen LogP contribution in [0.25, 0.3) is 0 Å². The molecule has 0 radical (unpaired) electrons. The lowest BCUT2D eigenvalue weighted by Crippen LogP contribution is -2.29. The third-order valence-electron chi connectivity index (χ3n) is 2.77. The van der Waals surface area contributed by atoms with Crippen molar-refractivity contribution in [3.8, 4) is 0 Å². The first-order chi connectivity index (χ1) is 7.52. The molecular formula is C12H20BrNS2. The highest BCUT2D eigenvalue weighted by Crippen LogP contribution is 2.22. The zero-order valence-corrected chi connectivity index (χ0v) is 13.4. The summed E-state index contributed by atoms with van der Waals surface area (Å²) in [6.07, 6.45) is 0. The number of halogens is 1. The molecule has 1 unspecified atom stereocenters. The maximum absolute atomic E-state index is 4.43. The summed E-state index contributed by atoms with van der Waals surface area (Å²) in [6, 6.07) is 2.20. The zero-order valence-electron chi connectivity index (χ0n) is 10.1. The van der Waals surface area contributed by atoms with Gasteiger partial charge in [-0.25, -0.2) is 0 Å². The van der Waals surface area contributed by atoms with Crippen molar-refractivity contribution in [1.29, 1.82) is 0 Å². The topological polar surface area (TPSA) is 3.24 Å². The minimum atomic E-state index is 0.678. The number of thiophene rings is 1. The van der Waals surface area contributed by atoms with Gasteiger partial charge in [-0.15, -0.1) is 11.3 Å². The van der Waals surface area contributed by atoms with Crippen molar-refractivity contribution in [3.63, 3.8) is 0 Å². The molecular weight excluding hydrogens is 302 g/mol. The molecule has 1 atom stereocenters. The summed E-state index contributed by atoms with van der Waals surface area (Å²) >= 11 is 9.73. The predicted molar refractivity (Wildman–Crippen MR) is 80.5 cm³/mol. The molecule has 0 spiro atoms. The van der Waals surface area contributed by atoms with Crippen molar-refractivity contribution in [3.05, 3.63) is 20.8 Å². The van der Waals surface area contributed by atoms with Gasteiger partial charge < -0.3 is 4.90 Å². The molecule has 16 heavy (non-hydrogen) atoms. The Labute approximate surface area is 117 Å². The molecule has 0 aliphatic rings. The molecule has 0 N–H and O–H groups in total. The second-order valence-corrected chi connectivity index (χ2v) is 6.89. The molecule has 1 aromatic rings. The van der Waals surface area contributed by atoms with Gasteiger partial charge in [0.05, 0.1) is 0 Å². The summed E-state index contributed by atoms with van der Waals surface area (Å²) in [5, 5.41) is 2.14. The van der Waals surface area contributed by atoms with Crippen LogP contribution in [0, 0.1) is 11.8 Å². The average molecular weight is 322 g/mol. The average Bonchev–Trinajstić information content (AvgIpc) is 2.60. The molecule has 0 saturated heterocycles. The van der Waals surface area contributed by atoms with Crippen LogP contribution < -0.4 is 0 Å². The van der Waals surface area contributed by atoms with Crippen molar-refractivity contribution < 1.29 is 0 Å². The van der Waals surface area contributed by atoms with Crippen LogP contribution >= 0.6 is 39.9 Å². The fraction of sp³-hybridized carbons (Fsp3) is 0.667. The van der Waals surface area contributed by atoms with E-state index < -0.39 is 0 Å². The smallest absolute Gasteiger partial charge is 0.0325 e. The molecule has 0 aliphatic carbocycles. The largest absolute Gasteiger partial charge is 0.301 e. The number of hydrogen-bond acceptors (Lipinski definition) is 3. The Morgan fingerprint density at radius 3 is 2.62 bits per heavy atom. The van der Waals surface area contributed by atoms with Crippen LogP contribution in [0.3, 0.4) is 0 Å². The molecule has 0 amide bonds. The van der Waals surface area contributed by atoms with E-state index in [0.717, 1.165) is 18.8 Å². The van der Waals surface area contributed by atoms with Gasteiger partial charge in [-0.2, -0.15) is 12.6 Å². The Bertz CT molecular complexity index is 312. The van der Waals surface area contributed by atoms with Crippen LogP contribution in [-0.2, 0) is 6.54 Å². The van der Waals surface area contributed by atoms with Crippen molar-refractivity contribution in [2.24, 2.45) is 11.8 Å². The predicted octanol–water partition coefficient (Wildman–Crippen LogP) is 4.14. The van der Waals surface area contributed by atoms with E-state index in [1.807, 2.05) is 11.3 Å². The quantitative estimate of drug-likeness (QED) is 0.770. The minimum absolute atomic E-state index is 0.678. The first kappa shape index (κ1) is 14.6. The van der Waals surface area contributed by atoms with Crippen LogP contribution in [0.15, 0.2) is 15.9 Å². The lowest BCUT2D eigenvalue weighted by Gasteiger charge is -2.25. The lowest BCUT2D eigenvalue weighted by molar-refractivity contribution is 0.248. The highest BCUT2D eigenvalue weighted by atomic mass is 79.9. The highest BCUT2D eigenvalue weighted by molar-refractivity contribution is 9.10. The molecule has 0 aromatic carbocycles. The van der Waals surface area contributed by atoms with E-state index in [1.165, 1.54) is 9.35 Å². The second kappa shape index (κ2) is 7.04. The summed E-state index contributed by atoms with van der Waals surface area (Å²) in [5.74, 6) is 2.35. The van der Waals surface area contributed by atoms with E-state index in [1.54, 1.807) is 0 Å². The summed E-state index contributed by atoms with van der Waals surface area (Å²) in [6.45, 7) is 6.71. The van der Waals surface area contributed by atoms with Crippen molar-refractivity contribution >= 4 is 39.9 Å². The van der Waals surface area contributed by atoms with Gasteiger partial charge in [0.2, 0.25) is 0 Å². The molecule has 4 heteroatoms. The summed E-state index contributed by atoms with van der Waals surface area (Å²) in [5.41, 5.74) is 0. The Morgan fingerprint density at radius 1 is 1.50 bits per heavy atom. The van der Waals surface area contributed by atoms with Crippen LogP contribution in [0.2, 0.25) is 0 Å². The van der Waals surface area contributed by atoms with Gasteiger partial charge in [0, 0.05) is 27.8 Å². The molecule has 92 valence electrons. The first-order valence-corrected chi connectivity index (χ1v) is 7.85. The Balaban J connectivity index is 2.43. The van der Waals surface area contributed by atoms with E-state index in [4.69, 9.17) is 0 Å². The SMILES string of the molecule is CC(C)C(CS)CN(C)Cc1cc(Br)cs1.